The molecule has 27 heavy (non-hydrogen) atoms. The van der Waals surface area contributed by atoms with Gasteiger partial charge in [-0.3, -0.25) is 9.59 Å². The summed E-state index contributed by atoms with van der Waals surface area (Å²) in [6.45, 7) is 2.24. The van der Waals surface area contributed by atoms with Crippen LogP contribution in [-0.4, -0.2) is 22.6 Å². The number of carboxylic acid groups (broad SMARTS) is 1. The fourth-order valence-electron chi connectivity index (χ4n) is 4.93. The van der Waals surface area contributed by atoms with Gasteiger partial charge < -0.3 is 9.84 Å². The van der Waals surface area contributed by atoms with Gasteiger partial charge in [0.25, 0.3) is 0 Å². The van der Waals surface area contributed by atoms with Crippen LogP contribution in [0.3, 0.4) is 0 Å². The van der Waals surface area contributed by atoms with Crippen LogP contribution in [0.4, 0.5) is 0 Å². The second kappa shape index (κ2) is 11.7. The number of carboxylic acids is 1. The van der Waals surface area contributed by atoms with E-state index in [-0.39, 0.29) is 23.4 Å². The molecule has 0 aromatic rings. The predicted molar refractivity (Wildman–Crippen MR) is 108 cm³/mol. The summed E-state index contributed by atoms with van der Waals surface area (Å²) in [7, 11) is 0. The van der Waals surface area contributed by atoms with E-state index < -0.39 is 5.97 Å². The summed E-state index contributed by atoms with van der Waals surface area (Å²) >= 11 is 0. The van der Waals surface area contributed by atoms with Gasteiger partial charge in [0.2, 0.25) is 0 Å². The zero-order valence-corrected chi connectivity index (χ0v) is 17.3. The van der Waals surface area contributed by atoms with Crippen LogP contribution in [-0.2, 0) is 14.3 Å². The molecule has 2 unspecified atom stereocenters. The summed E-state index contributed by atoms with van der Waals surface area (Å²) in [6, 6.07) is 0. The molecule has 0 radical (unpaired) electrons. The average molecular weight is 381 g/mol. The first kappa shape index (κ1) is 22.2. The Balaban J connectivity index is 1.81. The van der Waals surface area contributed by atoms with Gasteiger partial charge in [0.15, 0.2) is 0 Å². The van der Waals surface area contributed by atoms with Gasteiger partial charge in [-0.05, 0) is 57.8 Å². The summed E-state index contributed by atoms with van der Waals surface area (Å²) in [6.07, 6.45) is 18.2. The van der Waals surface area contributed by atoms with E-state index in [0.717, 1.165) is 51.4 Å². The number of rotatable bonds is 11. The Morgan fingerprint density at radius 1 is 0.889 bits per heavy atom. The van der Waals surface area contributed by atoms with Crippen molar-refractivity contribution in [2.45, 2.75) is 122 Å². The van der Waals surface area contributed by atoms with Crippen molar-refractivity contribution in [1.29, 1.82) is 0 Å². The van der Waals surface area contributed by atoms with Crippen LogP contribution < -0.4 is 0 Å². The Bertz CT molecular complexity index is 453. The number of ether oxygens (including phenoxy) is 1. The van der Waals surface area contributed by atoms with Crippen molar-refractivity contribution in [1.82, 2.24) is 0 Å². The van der Waals surface area contributed by atoms with Gasteiger partial charge in [0, 0.05) is 0 Å². The third-order valence-corrected chi connectivity index (χ3v) is 6.67. The molecule has 0 bridgehead atoms. The van der Waals surface area contributed by atoms with Crippen molar-refractivity contribution in [3.8, 4) is 0 Å². The maximum Gasteiger partial charge on any atom is 0.309 e. The maximum atomic E-state index is 12.8. The van der Waals surface area contributed by atoms with E-state index in [1.165, 1.54) is 44.9 Å². The van der Waals surface area contributed by atoms with E-state index >= 15 is 0 Å². The summed E-state index contributed by atoms with van der Waals surface area (Å²) < 4.78 is 6.16. The third kappa shape index (κ3) is 7.46. The number of unbranched alkanes of at least 4 members (excludes halogenated alkanes) is 6. The molecule has 0 aromatic heterocycles. The Morgan fingerprint density at radius 2 is 1.52 bits per heavy atom. The van der Waals surface area contributed by atoms with Crippen LogP contribution >= 0.6 is 0 Å². The monoisotopic (exact) mass is 380 g/mol. The minimum atomic E-state index is -0.761. The maximum absolute atomic E-state index is 12.8. The van der Waals surface area contributed by atoms with E-state index in [1.54, 1.807) is 0 Å². The minimum Gasteiger partial charge on any atom is -0.481 e. The lowest BCUT2D eigenvalue weighted by molar-refractivity contribution is -0.172. The molecule has 1 N–H and O–H groups in total. The number of carbonyl (C=O) groups is 2. The summed E-state index contributed by atoms with van der Waals surface area (Å²) in [4.78, 5) is 24.1. The largest absolute Gasteiger partial charge is 0.481 e. The van der Waals surface area contributed by atoms with Gasteiger partial charge >= 0.3 is 11.9 Å². The summed E-state index contributed by atoms with van der Waals surface area (Å²) in [5.74, 6) is -1.47. The number of hydrogen-bond donors (Lipinski definition) is 1. The number of esters is 1. The van der Waals surface area contributed by atoms with Gasteiger partial charge in [-0.25, -0.2) is 0 Å². The van der Waals surface area contributed by atoms with E-state index in [1.807, 2.05) is 0 Å². The molecule has 156 valence electrons. The molecule has 0 aliphatic heterocycles. The normalized spacial score (nSPS) is 25.1. The van der Waals surface area contributed by atoms with E-state index in [0.29, 0.717) is 12.8 Å². The Labute approximate surface area is 165 Å². The molecular weight excluding hydrogens is 340 g/mol. The third-order valence-electron chi connectivity index (χ3n) is 6.67. The van der Waals surface area contributed by atoms with E-state index in [2.05, 4.69) is 6.92 Å². The minimum absolute atomic E-state index is 0.120. The lowest BCUT2D eigenvalue weighted by Crippen LogP contribution is -2.40. The smallest absolute Gasteiger partial charge is 0.309 e. The molecule has 2 saturated carbocycles. The molecule has 4 heteroatoms. The molecular formula is C23H40O4. The molecule has 0 amide bonds. The second-order valence-corrected chi connectivity index (χ2v) is 8.93. The molecule has 0 heterocycles. The predicted octanol–water partition coefficient (Wildman–Crippen LogP) is 6.26. The van der Waals surface area contributed by atoms with Gasteiger partial charge in [-0.1, -0.05) is 58.3 Å². The fourth-order valence-corrected chi connectivity index (χ4v) is 4.93. The van der Waals surface area contributed by atoms with Crippen LogP contribution in [0, 0.1) is 11.8 Å². The first-order valence-electron chi connectivity index (χ1n) is 11.5. The van der Waals surface area contributed by atoms with Gasteiger partial charge in [0.05, 0.1) is 11.8 Å². The molecule has 2 atom stereocenters. The average Bonchev–Trinajstić information content (AvgIpc) is 2.68. The zero-order valence-electron chi connectivity index (χ0n) is 17.3. The fraction of sp³-hybridized carbons (Fsp3) is 0.913. The highest BCUT2D eigenvalue weighted by Gasteiger charge is 2.39. The zero-order chi connectivity index (χ0) is 19.5. The number of hydrogen-bond acceptors (Lipinski definition) is 3. The van der Waals surface area contributed by atoms with Crippen molar-refractivity contribution in [3.05, 3.63) is 0 Å². The highest BCUT2D eigenvalue weighted by molar-refractivity contribution is 5.76. The Kier molecular flexibility index (Phi) is 9.64. The Hall–Kier alpha value is -1.06. The SMILES string of the molecule is CCCCCCCCCC1(OC(=O)C2CCCC(C(=O)O)C2)CCCCC1. The molecule has 2 fully saturated rings. The summed E-state index contributed by atoms with van der Waals surface area (Å²) in [5.41, 5.74) is -0.269. The topological polar surface area (TPSA) is 63.6 Å². The standard InChI is InChI=1S/C23H40O4/c1-2-3-4-5-6-7-9-15-23(16-10-8-11-17-23)27-22(26)20-14-12-13-19(18-20)21(24)25/h19-20H,2-18H2,1H3,(H,24,25). The lowest BCUT2D eigenvalue weighted by atomic mass is 9.79. The van der Waals surface area contributed by atoms with Crippen LogP contribution in [0.5, 0.6) is 0 Å². The van der Waals surface area contributed by atoms with Crippen molar-refractivity contribution < 1.29 is 19.4 Å². The van der Waals surface area contributed by atoms with E-state index in [4.69, 9.17) is 4.74 Å². The molecule has 2 aliphatic carbocycles. The molecule has 2 aliphatic rings. The quantitative estimate of drug-likeness (QED) is 0.339. The first-order valence-corrected chi connectivity index (χ1v) is 11.5. The van der Waals surface area contributed by atoms with Gasteiger partial charge in [0.1, 0.15) is 5.60 Å². The van der Waals surface area contributed by atoms with Crippen LogP contribution in [0.15, 0.2) is 0 Å². The van der Waals surface area contributed by atoms with Crippen molar-refractivity contribution in [2.24, 2.45) is 11.8 Å². The molecule has 4 nitrogen and oxygen atoms in total. The molecule has 2 rings (SSSR count). The highest BCUT2D eigenvalue weighted by Crippen LogP contribution is 2.38. The molecule has 0 spiro atoms. The van der Waals surface area contributed by atoms with Gasteiger partial charge in [-0.2, -0.15) is 0 Å². The Morgan fingerprint density at radius 3 is 2.19 bits per heavy atom. The van der Waals surface area contributed by atoms with E-state index in [9.17, 15) is 14.7 Å². The number of aliphatic carboxylic acids is 1. The van der Waals surface area contributed by atoms with Gasteiger partial charge in [-0.15, -0.1) is 0 Å². The second-order valence-electron chi connectivity index (χ2n) is 8.93. The van der Waals surface area contributed by atoms with Crippen molar-refractivity contribution >= 4 is 11.9 Å². The molecule has 0 saturated heterocycles. The van der Waals surface area contributed by atoms with Crippen LogP contribution in [0.2, 0.25) is 0 Å². The van der Waals surface area contributed by atoms with Crippen LogP contribution in [0.1, 0.15) is 116 Å². The first-order chi connectivity index (χ1) is 13.1. The molecule has 0 aromatic carbocycles. The highest BCUT2D eigenvalue weighted by atomic mass is 16.6. The lowest BCUT2D eigenvalue weighted by Gasteiger charge is -2.39. The van der Waals surface area contributed by atoms with Crippen LogP contribution in [0.25, 0.3) is 0 Å². The van der Waals surface area contributed by atoms with Crippen molar-refractivity contribution in [3.63, 3.8) is 0 Å². The summed E-state index contributed by atoms with van der Waals surface area (Å²) in [5, 5.41) is 9.28. The number of carbonyl (C=O) groups excluding carboxylic acids is 1. The van der Waals surface area contributed by atoms with Crippen molar-refractivity contribution in [2.75, 3.05) is 0 Å².